The molecule has 2 aromatic carbocycles. The van der Waals surface area contributed by atoms with Gasteiger partial charge >= 0.3 is 5.97 Å². The first-order valence-electron chi connectivity index (χ1n) is 9.17. The Morgan fingerprint density at radius 2 is 1.70 bits per heavy atom. The van der Waals surface area contributed by atoms with Crippen LogP contribution in [0.15, 0.2) is 48.5 Å². The van der Waals surface area contributed by atoms with Gasteiger partial charge in [-0.25, -0.2) is 0 Å². The van der Waals surface area contributed by atoms with Crippen LogP contribution in [0.3, 0.4) is 0 Å². The Hall–Kier alpha value is -3.52. The van der Waals surface area contributed by atoms with Crippen molar-refractivity contribution in [3.63, 3.8) is 0 Å². The molecule has 3 N–H and O–H groups in total. The number of benzene rings is 2. The molecule has 1 aromatic heterocycles. The van der Waals surface area contributed by atoms with Gasteiger partial charge in [-0.1, -0.05) is 41.4 Å². The molecule has 0 fully saturated rings. The number of esters is 1. The van der Waals surface area contributed by atoms with Gasteiger partial charge in [-0.3, -0.25) is 9.59 Å². The number of hydrogen-bond donors (Lipinski definition) is 2. The highest BCUT2D eigenvalue weighted by molar-refractivity contribution is 6.30. The third-order valence-corrected chi connectivity index (χ3v) is 4.34. The number of nitrogen functional groups attached to an aromatic ring is 1. The molecule has 0 radical (unpaired) electrons. The minimum Gasteiger partial charge on any atom is -0.457 e. The fourth-order valence-corrected chi connectivity index (χ4v) is 2.66. The van der Waals surface area contributed by atoms with Gasteiger partial charge in [-0.05, 0) is 31.2 Å². The third kappa shape index (κ3) is 6.25. The number of nitrogens with two attached hydrogens (primary N) is 1. The largest absolute Gasteiger partial charge is 0.457 e. The van der Waals surface area contributed by atoms with E-state index in [1.807, 2.05) is 19.1 Å². The molecule has 9 heteroatoms. The molecule has 1 heterocycles. The van der Waals surface area contributed by atoms with Crippen LogP contribution >= 0.6 is 11.6 Å². The van der Waals surface area contributed by atoms with Crippen LogP contribution in [0.4, 0.5) is 17.6 Å². The van der Waals surface area contributed by atoms with Gasteiger partial charge in [-0.15, -0.1) is 0 Å². The van der Waals surface area contributed by atoms with Gasteiger partial charge in [0.15, 0.2) is 18.2 Å². The van der Waals surface area contributed by atoms with Gasteiger partial charge in [-0.2, -0.15) is 15.0 Å². The first kappa shape index (κ1) is 21.2. The minimum atomic E-state index is -0.526. The molecule has 0 aliphatic heterocycles. The van der Waals surface area contributed by atoms with E-state index in [1.54, 1.807) is 36.4 Å². The number of nitrogens with zero attached hydrogens (tertiary/aromatic N) is 3. The highest BCUT2D eigenvalue weighted by Crippen LogP contribution is 2.17. The molecule has 30 heavy (non-hydrogen) atoms. The summed E-state index contributed by atoms with van der Waals surface area (Å²) in [7, 11) is 0. The van der Waals surface area contributed by atoms with E-state index >= 15 is 0 Å². The van der Waals surface area contributed by atoms with Crippen molar-refractivity contribution in [2.75, 3.05) is 11.1 Å². The topological polar surface area (TPSA) is 120 Å². The quantitative estimate of drug-likeness (QED) is 0.412. The van der Waals surface area contributed by atoms with Crippen LogP contribution in [0.2, 0.25) is 5.02 Å². The molecule has 0 aliphatic rings. The molecule has 0 saturated heterocycles. The smallest absolute Gasteiger partial charge is 0.306 e. The maximum atomic E-state index is 12.1. The molecule has 0 aliphatic carbocycles. The second kappa shape index (κ2) is 9.80. The Morgan fingerprint density at radius 1 is 1.00 bits per heavy atom. The molecule has 3 rings (SSSR count). The second-order valence-electron chi connectivity index (χ2n) is 6.52. The molecule has 0 unspecified atom stereocenters. The number of rotatable bonds is 8. The lowest BCUT2D eigenvalue weighted by atomic mass is 10.1. The zero-order valence-electron chi connectivity index (χ0n) is 16.3. The number of nitrogens with one attached hydrogen (secondary N) is 1. The van der Waals surface area contributed by atoms with Gasteiger partial charge in [0, 0.05) is 22.7 Å². The molecule has 8 nitrogen and oxygen atoms in total. The van der Waals surface area contributed by atoms with Crippen molar-refractivity contribution < 1.29 is 14.3 Å². The summed E-state index contributed by atoms with van der Waals surface area (Å²) in [6.45, 7) is 1.76. The summed E-state index contributed by atoms with van der Waals surface area (Å²) in [5.41, 5.74) is 8.05. The van der Waals surface area contributed by atoms with Crippen molar-refractivity contribution in [3.8, 4) is 0 Å². The van der Waals surface area contributed by atoms with Crippen molar-refractivity contribution in [2.45, 2.75) is 26.4 Å². The Balaban J connectivity index is 1.52. The summed E-state index contributed by atoms with van der Waals surface area (Å²) >= 11 is 5.86. The zero-order valence-corrected chi connectivity index (χ0v) is 17.0. The number of hydrogen-bond acceptors (Lipinski definition) is 8. The monoisotopic (exact) mass is 425 g/mol. The van der Waals surface area contributed by atoms with Crippen LogP contribution in [-0.4, -0.2) is 26.7 Å². The van der Waals surface area contributed by atoms with Crippen molar-refractivity contribution in [1.29, 1.82) is 0 Å². The normalized spacial score (nSPS) is 10.5. The van der Waals surface area contributed by atoms with Gasteiger partial charge in [0.1, 0.15) is 0 Å². The van der Waals surface area contributed by atoms with Gasteiger partial charge in [0.05, 0.1) is 6.42 Å². The summed E-state index contributed by atoms with van der Waals surface area (Å²) < 4.78 is 5.16. The predicted octanol–water partition coefficient (Wildman–Crippen LogP) is 3.87. The number of carbonyl (C=O) groups excluding carboxylic acids is 2. The first-order chi connectivity index (χ1) is 14.4. The SMILES string of the molecule is Cc1ccc(C(=O)CCC(=O)OCc2nc(N)nc(Nc3ccc(Cl)cc3)n2)cc1. The summed E-state index contributed by atoms with van der Waals surface area (Å²) in [5.74, 6) is -0.253. The van der Waals surface area contributed by atoms with Crippen molar-refractivity contribution in [1.82, 2.24) is 15.0 Å². The third-order valence-electron chi connectivity index (χ3n) is 4.09. The van der Waals surface area contributed by atoms with Crippen LogP contribution in [0.5, 0.6) is 0 Å². The molecule has 154 valence electrons. The Labute approximate surface area is 178 Å². The lowest BCUT2D eigenvalue weighted by Gasteiger charge is -2.08. The van der Waals surface area contributed by atoms with Crippen LogP contribution < -0.4 is 11.1 Å². The number of Topliss-reactive ketones (excluding diaryl/α,β-unsaturated/α-hetero) is 1. The fraction of sp³-hybridized carbons (Fsp3) is 0.190. The number of halogens is 1. The van der Waals surface area contributed by atoms with E-state index in [0.717, 1.165) is 5.56 Å². The Bertz CT molecular complexity index is 1040. The Morgan fingerprint density at radius 3 is 2.40 bits per heavy atom. The van der Waals surface area contributed by atoms with E-state index in [9.17, 15) is 9.59 Å². The highest BCUT2D eigenvalue weighted by atomic mass is 35.5. The summed E-state index contributed by atoms with van der Waals surface area (Å²) in [6, 6.07) is 14.1. The number of anilines is 3. The molecule has 3 aromatic rings. The maximum absolute atomic E-state index is 12.1. The van der Waals surface area contributed by atoms with Crippen LogP contribution in [0.25, 0.3) is 0 Å². The highest BCUT2D eigenvalue weighted by Gasteiger charge is 2.12. The Kier molecular flexibility index (Phi) is 6.92. The lowest BCUT2D eigenvalue weighted by Crippen LogP contribution is -2.12. The molecular formula is C21H20ClN5O3. The van der Waals surface area contributed by atoms with Crippen molar-refractivity contribution in [2.24, 2.45) is 0 Å². The zero-order chi connectivity index (χ0) is 21.5. The average Bonchev–Trinajstić information content (AvgIpc) is 2.72. The average molecular weight is 426 g/mol. The van der Waals surface area contributed by atoms with Crippen LogP contribution in [0, 0.1) is 6.92 Å². The maximum Gasteiger partial charge on any atom is 0.306 e. The number of aromatic nitrogens is 3. The van der Waals surface area contributed by atoms with E-state index in [2.05, 4.69) is 20.3 Å². The molecule has 0 saturated carbocycles. The standard InChI is InChI=1S/C21H20ClN5O3/c1-13-2-4-14(5-3-13)17(28)10-11-19(29)30-12-18-25-20(23)27-21(26-18)24-16-8-6-15(22)7-9-16/h2-9H,10-12H2,1H3,(H3,23,24,25,26,27). The van der Waals surface area contributed by atoms with Crippen molar-refractivity contribution >= 4 is 40.9 Å². The first-order valence-corrected chi connectivity index (χ1v) is 9.55. The van der Waals surface area contributed by atoms with E-state index < -0.39 is 5.97 Å². The van der Waals surface area contributed by atoms with E-state index in [0.29, 0.717) is 16.3 Å². The van der Waals surface area contributed by atoms with Gasteiger partial charge < -0.3 is 15.8 Å². The number of ether oxygens (including phenoxy) is 1. The number of aryl methyl sites for hydroxylation is 1. The minimum absolute atomic E-state index is 0.0120. The second-order valence-corrected chi connectivity index (χ2v) is 6.95. The van der Waals surface area contributed by atoms with Gasteiger partial charge in [0.25, 0.3) is 0 Å². The molecular weight excluding hydrogens is 406 g/mol. The lowest BCUT2D eigenvalue weighted by molar-refractivity contribution is -0.145. The molecule has 0 spiro atoms. The molecule has 0 bridgehead atoms. The van der Waals surface area contributed by atoms with Gasteiger partial charge in [0.2, 0.25) is 11.9 Å². The van der Waals surface area contributed by atoms with E-state index in [4.69, 9.17) is 22.1 Å². The molecule has 0 amide bonds. The summed E-state index contributed by atoms with van der Waals surface area (Å²) in [6.07, 6.45) is 0.0216. The van der Waals surface area contributed by atoms with Crippen LogP contribution in [-0.2, 0) is 16.1 Å². The van der Waals surface area contributed by atoms with E-state index in [-0.39, 0.29) is 43.0 Å². The summed E-state index contributed by atoms with van der Waals surface area (Å²) in [4.78, 5) is 36.3. The van der Waals surface area contributed by atoms with Crippen molar-refractivity contribution in [3.05, 3.63) is 70.5 Å². The predicted molar refractivity (Wildman–Crippen MR) is 114 cm³/mol. The number of carbonyl (C=O) groups is 2. The fourth-order valence-electron chi connectivity index (χ4n) is 2.54. The number of ketones is 1. The van der Waals surface area contributed by atoms with E-state index in [1.165, 1.54) is 0 Å². The molecule has 0 atom stereocenters. The van der Waals surface area contributed by atoms with Crippen LogP contribution in [0.1, 0.15) is 34.6 Å². The summed E-state index contributed by atoms with van der Waals surface area (Å²) in [5, 5.41) is 3.58.